The number of aromatic nitrogens is 1. The highest BCUT2D eigenvalue weighted by Crippen LogP contribution is 2.50. The van der Waals surface area contributed by atoms with Gasteiger partial charge in [0, 0.05) is 16.7 Å². The number of rotatable bonds is 9. The van der Waals surface area contributed by atoms with Crippen molar-refractivity contribution in [1.29, 1.82) is 0 Å². The molecule has 0 saturated heterocycles. The van der Waals surface area contributed by atoms with Crippen molar-refractivity contribution in [3.63, 3.8) is 0 Å². The van der Waals surface area contributed by atoms with Crippen molar-refractivity contribution < 1.29 is 4.79 Å². The number of thioether (sulfide) groups is 1. The maximum Gasteiger partial charge on any atom is 0.150 e. The molecule has 160 valence electrons. The summed E-state index contributed by atoms with van der Waals surface area (Å²) in [4.78, 5) is 17.2. The maximum absolute atomic E-state index is 12.5. The molecule has 1 aliphatic carbocycles. The summed E-state index contributed by atoms with van der Waals surface area (Å²) in [5.74, 6) is 1.06. The number of nitrogens with zero attached hydrogens (tertiary/aromatic N) is 1. The lowest BCUT2D eigenvalue weighted by Crippen LogP contribution is -2.27. The Morgan fingerprint density at radius 3 is 2.16 bits per heavy atom. The van der Waals surface area contributed by atoms with Crippen LogP contribution in [0.5, 0.6) is 0 Å². The molecule has 0 amide bonds. The Hall–Kier alpha value is -2.69. The fourth-order valence-corrected chi connectivity index (χ4v) is 6.63. The summed E-state index contributed by atoms with van der Waals surface area (Å²) in [6, 6.07) is 27.1. The summed E-state index contributed by atoms with van der Waals surface area (Å²) in [6.07, 6.45) is 5.33. The van der Waals surface area contributed by atoms with E-state index in [-0.39, 0.29) is 0 Å². The Morgan fingerprint density at radius 2 is 1.47 bits per heavy atom. The van der Waals surface area contributed by atoms with E-state index in [0.717, 1.165) is 41.5 Å². The SMILES string of the molecule is O=CC1(CCCCCSc2nc(-c3ccccc3)cs2)c2ccccc2-c2ccccc21. The zero-order chi connectivity index (χ0) is 21.8. The number of fused-ring (bicyclic) bond motifs is 3. The first-order chi connectivity index (χ1) is 15.8. The Morgan fingerprint density at radius 1 is 0.812 bits per heavy atom. The monoisotopic (exact) mass is 455 g/mol. The first kappa shape index (κ1) is 21.2. The molecule has 1 heterocycles. The third-order valence-electron chi connectivity index (χ3n) is 6.30. The van der Waals surface area contributed by atoms with Gasteiger partial charge in [0.25, 0.3) is 0 Å². The summed E-state index contributed by atoms with van der Waals surface area (Å²) in [6.45, 7) is 0. The van der Waals surface area contributed by atoms with Crippen LogP contribution >= 0.6 is 23.1 Å². The highest BCUT2D eigenvalue weighted by Gasteiger charge is 2.42. The Labute approximate surface area is 197 Å². The molecule has 0 spiro atoms. The van der Waals surface area contributed by atoms with Gasteiger partial charge in [-0.2, -0.15) is 0 Å². The highest BCUT2D eigenvalue weighted by molar-refractivity contribution is 8.01. The molecule has 4 aromatic rings. The molecule has 3 aromatic carbocycles. The van der Waals surface area contributed by atoms with Crippen molar-refractivity contribution in [2.24, 2.45) is 0 Å². The molecule has 0 bridgehead atoms. The van der Waals surface area contributed by atoms with Gasteiger partial charge in [-0.25, -0.2) is 4.98 Å². The molecule has 1 aliphatic rings. The molecule has 0 fully saturated rings. The first-order valence-corrected chi connectivity index (χ1v) is 13.0. The van der Waals surface area contributed by atoms with Crippen molar-refractivity contribution >= 4 is 29.4 Å². The van der Waals surface area contributed by atoms with Crippen LogP contribution in [0.1, 0.15) is 36.8 Å². The largest absolute Gasteiger partial charge is 0.302 e. The van der Waals surface area contributed by atoms with Crippen LogP contribution in [0.25, 0.3) is 22.4 Å². The summed E-state index contributed by atoms with van der Waals surface area (Å²) >= 11 is 3.56. The standard InChI is InChI=1S/C28H25NOS2/c30-20-28(24-15-7-5-13-22(24)23-14-6-8-16-25(23)28)17-9-2-10-18-31-27-29-26(19-32-27)21-11-3-1-4-12-21/h1,3-8,11-16,19-20H,2,9-10,17-18H2. The van der Waals surface area contributed by atoms with E-state index in [9.17, 15) is 4.79 Å². The van der Waals surface area contributed by atoms with Gasteiger partial charge in [0.2, 0.25) is 0 Å². The van der Waals surface area contributed by atoms with Crippen LogP contribution in [-0.4, -0.2) is 17.0 Å². The Kier molecular flexibility index (Phi) is 6.24. The van der Waals surface area contributed by atoms with Gasteiger partial charge < -0.3 is 4.79 Å². The fourth-order valence-electron chi connectivity index (χ4n) is 4.72. The molecule has 0 radical (unpaired) electrons. The Bertz CT molecular complexity index is 1170. The zero-order valence-electron chi connectivity index (χ0n) is 17.9. The average Bonchev–Trinajstić information content (AvgIpc) is 3.44. The van der Waals surface area contributed by atoms with E-state index in [0.29, 0.717) is 0 Å². The second kappa shape index (κ2) is 9.43. The van der Waals surface area contributed by atoms with E-state index in [4.69, 9.17) is 4.98 Å². The molecule has 0 N–H and O–H groups in total. The second-order valence-corrected chi connectivity index (χ2v) is 10.4. The van der Waals surface area contributed by atoms with Crippen molar-refractivity contribution in [3.05, 3.63) is 95.4 Å². The topological polar surface area (TPSA) is 30.0 Å². The molecule has 5 rings (SSSR count). The van der Waals surface area contributed by atoms with E-state index < -0.39 is 5.41 Å². The van der Waals surface area contributed by atoms with Gasteiger partial charge in [0.05, 0.1) is 11.1 Å². The van der Waals surface area contributed by atoms with Gasteiger partial charge in [-0.1, -0.05) is 103 Å². The molecule has 4 heteroatoms. The van der Waals surface area contributed by atoms with Crippen LogP contribution < -0.4 is 0 Å². The molecule has 2 nitrogen and oxygen atoms in total. The van der Waals surface area contributed by atoms with Crippen LogP contribution in [0.2, 0.25) is 0 Å². The fraction of sp³-hybridized carbons (Fsp3) is 0.214. The summed E-state index contributed by atoms with van der Waals surface area (Å²) < 4.78 is 1.13. The predicted octanol–water partition coefficient (Wildman–Crippen LogP) is 7.63. The summed E-state index contributed by atoms with van der Waals surface area (Å²) in [5.41, 5.74) is 6.49. The number of hydrogen-bond acceptors (Lipinski definition) is 4. The summed E-state index contributed by atoms with van der Waals surface area (Å²) in [7, 11) is 0. The molecule has 0 atom stereocenters. The smallest absolute Gasteiger partial charge is 0.150 e. The number of unbranched alkanes of at least 4 members (excludes halogenated alkanes) is 2. The van der Waals surface area contributed by atoms with Crippen LogP contribution in [0, 0.1) is 0 Å². The minimum absolute atomic E-state index is 0.500. The van der Waals surface area contributed by atoms with Crippen LogP contribution in [0.15, 0.2) is 88.6 Å². The van der Waals surface area contributed by atoms with Crippen LogP contribution in [-0.2, 0) is 10.2 Å². The van der Waals surface area contributed by atoms with Gasteiger partial charge in [-0.15, -0.1) is 11.3 Å². The minimum atomic E-state index is -0.500. The van der Waals surface area contributed by atoms with E-state index in [1.54, 1.807) is 11.3 Å². The molecule has 1 aromatic heterocycles. The van der Waals surface area contributed by atoms with Gasteiger partial charge in [-0.3, -0.25) is 0 Å². The number of hydrogen-bond donors (Lipinski definition) is 0. The average molecular weight is 456 g/mol. The van der Waals surface area contributed by atoms with Crippen LogP contribution in [0.3, 0.4) is 0 Å². The van der Waals surface area contributed by atoms with Crippen molar-refractivity contribution in [3.8, 4) is 22.4 Å². The quantitative estimate of drug-likeness (QED) is 0.148. The van der Waals surface area contributed by atoms with Crippen molar-refractivity contribution in [2.75, 3.05) is 5.75 Å². The summed E-state index contributed by atoms with van der Waals surface area (Å²) in [5, 5.41) is 2.14. The third kappa shape index (κ3) is 3.94. The van der Waals surface area contributed by atoms with E-state index in [1.807, 2.05) is 17.8 Å². The van der Waals surface area contributed by atoms with Gasteiger partial charge in [0.1, 0.15) is 6.29 Å². The molecular formula is C28H25NOS2. The van der Waals surface area contributed by atoms with E-state index >= 15 is 0 Å². The van der Waals surface area contributed by atoms with Gasteiger partial charge in [0.15, 0.2) is 4.34 Å². The van der Waals surface area contributed by atoms with Crippen LogP contribution in [0.4, 0.5) is 0 Å². The minimum Gasteiger partial charge on any atom is -0.302 e. The lowest BCUT2D eigenvalue weighted by atomic mass is 9.75. The van der Waals surface area contributed by atoms with Crippen molar-refractivity contribution in [1.82, 2.24) is 4.98 Å². The van der Waals surface area contributed by atoms with E-state index in [1.165, 1.54) is 34.1 Å². The predicted molar refractivity (Wildman–Crippen MR) is 135 cm³/mol. The number of carbonyl (C=O) groups is 1. The molecule has 32 heavy (non-hydrogen) atoms. The number of benzene rings is 3. The number of aldehydes is 1. The lowest BCUT2D eigenvalue weighted by Gasteiger charge is -2.25. The molecular weight excluding hydrogens is 430 g/mol. The van der Waals surface area contributed by atoms with Gasteiger partial charge >= 0.3 is 0 Å². The lowest BCUT2D eigenvalue weighted by molar-refractivity contribution is -0.111. The molecule has 0 aliphatic heterocycles. The molecule has 0 saturated carbocycles. The third-order valence-corrected chi connectivity index (χ3v) is 8.41. The first-order valence-electron chi connectivity index (χ1n) is 11.1. The number of carbonyl (C=O) groups excluding carboxylic acids is 1. The maximum atomic E-state index is 12.5. The highest BCUT2D eigenvalue weighted by atomic mass is 32.2. The van der Waals surface area contributed by atoms with Crippen molar-refractivity contribution in [2.45, 2.75) is 35.4 Å². The normalized spacial score (nSPS) is 13.5. The Balaban J connectivity index is 1.17. The molecule has 0 unspecified atom stereocenters. The number of thiazole rings is 1. The second-order valence-electron chi connectivity index (χ2n) is 8.20. The van der Waals surface area contributed by atoms with Gasteiger partial charge in [-0.05, 0) is 35.1 Å². The van der Waals surface area contributed by atoms with E-state index in [2.05, 4.69) is 78.2 Å². The zero-order valence-corrected chi connectivity index (χ0v) is 19.5.